The normalized spacial score (nSPS) is 10.3. The summed E-state index contributed by atoms with van der Waals surface area (Å²) in [5.41, 5.74) is 2.43. The maximum Gasteiger partial charge on any atom is 0.257 e. The lowest BCUT2D eigenvalue weighted by atomic mass is 10.1. The number of benzene rings is 3. The molecule has 0 radical (unpaired) electrons. The van der Waals surface area contributed by atoms with E-state index in [1.165, 1.54) is 0 Å². The highest BCUT2D eigenvalue weighted by Gasteiger charge is 2.14. The molecule has 6 heteroatoms. The molecule has 0 saturated heterocycles. The smallest absolute Gasteiger partial charge is 0.257 e. The van der Waals surface area contributed by atoms with E-state index in [0.29, 0.717) is 35.7 Å². The molecule has 3 aromatic rings. The van der Waals surface area contributed by atoms with Crippen LogP contribution in [0.15, 0.2) is 72.8 Å². The van der Waals surface area contributed by atoms with Crippen molar-refractivity contribution in [1.82, 2.24) is 0 Å². The van der Waals surface area contributed by atoms with Crippen molar-refractivity contribution < 1.29 is 19.1 Å². The number of methoxy groups -OCH3 is 1. The van der Waals surface area contributed by atoms with Crippen molar-refractivity contribution >= 4 is 23.2 Å². The molecular formula is C25H26N2O4. The van der Waals surface area contributed by atoms with Gasteiger partial charge in [0, 0.05) is 18.2 Å². The highest BCUT2D eigenvalue weighted by atomic mass is 16.5. The Labute approximate surface area is 182 Å². The second-order valence-corrected chi connectivity index (χ2v) is 6.82. The number of amides is 2. The van der Waals surface area contributed by atoms with Crippen LogP contribution in [0.3, 0.4) is 0 Å². The number of para-hydroxylation sites is 2. The standard InChI is InChI=1S/C25H26N2O4/c1-3-31-23-14-7-4-9-18(23)15-16-24(28)27-22-13-6-5-12-21(22)25(29)26-19-10-8-11-20(17-19)30-2/h4-14,17H,3,15-16H2,1-2H3,(H,26,29)(H,27,28). The second-order valence-electron chi connectivity index (χ2n) is 6.82. The van der Waals surface area contributed by atoms with Crippen LogP contribution < -0.4 is 20.1 Å². The van der Waals surface area contributed by atoms with Crippen molar-refractivity contribution in [3.8, 4) is 11.5 Å². The second kappa shape index (κ2) is 10.8. The maximum absolute atomic E-state index is 12.8. The van der Waals surface area contributed by atoms with E-state index in [0.717, 1.165) is 11.3 Å². The molecule has 3 aromatic carbocycles. The van der Waals surface area contributed by atoms with Crippen LogP contribution in [0.5, 0.6) is 11.5 Å². The first-order chi connectivity index (χ1) is 15.1. The zero-order chi connectivity index (χ0) is 22.1. The van der Waals surface area contributed by atoms with Gasteiger partial charge in [-0.1, -0.05) is 36.4 Å². The molecule has 0 saturated carbocycles. The van der Waals surface area contributed by atoms with E-state index in [2.05, 4.69) is 10.6 Å². The van der Waals surface area contributed by atoms with Gasteiger partial charge in [-0.25, -0.2) is 0 Å². The Morgan fingerprint density at radius 2 is 1.68 bits per heavy atom. The minimum absolute atomic E-state index is 0.173. The van der Waals surface area contributed by atoms with Crippen LogP contribution in [0.1, 0.15) is 29.3 Å². The first kappa shape index (κ1) is 21.9. The Balaban J connectivity index is 1.66. The van der Waals surface area contributed by atoms with Crippen LogP contribution in [0.25, 0.3) is 0 Å². The molecule has 0 aliphatic heterocycles. The molecule has 0 fully saturated rings. The lowest BCUT2D eigenvalue weighted by molar-refractivity contribution is -0.116. The molecule has 6 nitrogen and oxygen atoms in total. The van der Waals surface area contributed by atoms with Gasteiger partial charge in [0.05, 0.1) is 25.0 Å². The third-order valence-corrected chi connectivity index (χ3v) is 4.67. The number of carbonyl (C=O) groups excluding carboxylic acids is 2. The Bertz CT molecular complexity index is 1050. The van der Waals surface area contributed by atoms with Crippen LogP contribution in [0.2, 0.25) is 0 Å². The summed E-state index contributed by atoms with van der Waals surface area (Å²) in [7, 11) is 1.57. The summed E-state index contributed by atoms with van der Waals surface area (Å²) in [6.07, 6.45) is 0.816. The number of carbonyl (C=O) groups is 2. The van der Waals surface area contributed by atoms with Crippen molar-refractivity contribution in [3.05, 3.63) is 83.9 Å². The number of anilines is 2. The lowest BCUT2D eigenvalue weighted by Gasteiger charge is -2.13. The van der Waals surface area contributed by atoms with E-state index in [9.17, 15) is 9.59 Å². The zero-order valence-corrected chi connectivity index (χ0v) is 17.7. The number of ether oxygens (including phenoxy) is 2. The van der Waals surface area contributed by atoms with E-state index in [-0.39, 0.29) is 18.2 Å². The highest BCUT2D eigenvalue weighted by Crippen LogP contribution is 2.22. The number of rotatable bonds is 9. The van der Waals surface area contributed by atoms with E-state index in [1.807, 2.05) is 31.2 Å². The molecule has 0 unspecified atom stereocenters. The summed E-state index contributed by atoms with van der Waals surface area (Å²) < 4.78 is 10.8. The van der Waals surface area contributed by atoms with Gasteiger partial charge in [0.2, 0.25) is 5.91 Å². The summed E-state index contributed by atoms with van der Waals surface area (Å²) in [4.78, 5) is 25.4. The number of nitrogens with one attached hydrogen (secondary N) is 2. The molecule has 0 aromatic heterocycles. The minimum atomic E-state index is -0.314. The molecule has 0 heterocycles. The fourth-order valence-electron chi connectivity index (χ4n) is 3.16. The van der Waals surface area contributed by atoms with E-state index >= 15 is 0 Å². The number of hydrogen-bond donors (Lipinski definition) is 2. The molecule has 31 heavy (non-hydrogen) atoms. The van der Waals surface area contributed by atoms with Gasteiger partial charge in [0.15, 0.2) is 0 Å². The molecule has 0 atom stereocenters. The van der Waals surface area contributed by atoms with Crippen molar-refractivity contribution in [3.63, 3.8) is 0 Å². The van der Waals surface area contributed by atoms with Gasteiger partial charge in [-0.15, -0.1) is 0 Å². The fourth-order valence-corrected chi connectivity index (χ4v) is 3.16. The Hall–Kier alpha value is -3.80. The Morgan fingerprint density at radius 3 is 2.48 bits per heavy atom. The Morgan fingerprint density at radius 1 is 0.903 bits per heavy atom. The summed E-state index contributed by atoms with van der Waals surface area (Å²) in [6.45, 7) is 2.50. The van der Waals surface area contributed by atoms with Gasteiger partial charge in [0.1, 0.15) is 11.5 Å². The van der Waals surface area contributed by atoms with E-state index in [4.69, 9.17) is 9.47 Å². The Kier molecular flexibility index (Phi) is 7.65. The summed E-state index contributed by atoms with van der Waals surface area (Å²) in [6, 6.07) is 21.7. The third-order valence-electron chi connectivity index (χ3n) is 4.67. The van der Waals surface area contributed by atoms with Gasteiger partial charge in [-0.2, -0.15) is 0 Å². The fraction of sp³-hybridized carbons (Fsp3) is 0.200. The van der Waals surface area contributed by atoms with Crippen molar-refractivity contribution in [1.29, 1.82) is 0 Å². The topological polar surface area (TPSA) is 76.7 Å². The molecule has 0 aliphatic rings. The summed E-state index contributed by atoms with van der Waals surface area (Å²) in [5.74, 6) is 0.946. The SMILES string of the molecule is CCOc1ccccc1CCC(=O)Nc1ccccc1C(=O)Nc1cccc(OC)c1. The quantitative estimate of drug-likeness (QED) is 0.517. The summed E-state index contributed by atoms with van der Waals surface area (Å²) in [5, 5.41) is 5.70. The average molecular weight is 418 g/mol. The van der Waals surface area contributed by atoms with Crippen LogP contribution in [0, 0.1) is 0 Å². The highest BCUT2D eigenvalue weighted by molar-refractivity contribution is 6.10. The van der Waals surface area contributed by atoms with Gasteiger partial charge in [-0.3, -0.25) is 9.59 Å². The predicted octanol–water partition coefficient (Wildman–Crippen LogP) is 4.92. The van der Waals surface area contributed by atoms with Crippen LogP contribution in [-0.2, 0) is 11.2 Å². The zero-order valence-electron chi connectivity index (χ0n) is 17.7. The number of aryl methyl sites for hydroxylation is 1. The van der Waals surface area contributed by atoms with Crippen molar-refractivity contribution in [2.75, 3.05) is 24.4 Å². The van der Waals surface area contributed by atoms with Gasteiger partial charge in [-0.05, 0) is 49.2 Å². The lowest BCUT2D eigenvalue weighted by Crippen LogP contribution is -2.18. The molecule has 0 bridgehead atoms. The number of hydrogen-bond acceptors (Lipinski definition) is 4. The first-order valence-electron chi connectivity index (χ1n) is 10.2. The molecule has 160 valence electrons. The average Bonchev–Trinajstić information content (AvgIpc) is 2.79. The molecule has 3 rings (SSSR count). The van der Waals surface area contributed by atoms with Crippen LogP contribution >= 0.6 is 0 Å². The molecule has 0 spiro atoms. The van der Waals surface area contributed by atoms with E-state index in [1.54, 1.807) is 55.6 Å². The van der Waals surface area contributed by atoms with Gasteiger partial charge >= 0.3 is 0 Å². The maximum atomic E-state index is 12.8. The van der Waals surface area contributed by atoms with Crippen molar-refractivity contribution in [2.45, 2.75) is 19.8 Å². The monoisotopic (exact) mass is 418 g/mol. The first-order valence-corrected chi connectivity index (χ1v) is 10.2. The molecule has 2 amide bonds. The van der Waals surface area contributed by atoms with Crippen LogP contribution in [0.4, 0.5) is 11.4 Å². The third kappa shape index (κ3) is 6.09. The van der Waals surface area contributed by atoms with Gasteiger partial charge < -0.3 is 20.1 Å². The largest absolute Gasteiger partial charge is 0.497 e. The minimum Gasteiger partial charge on any atom is -0.497 e. The molecular weight excluding hydrogens is 392 g/mol. The van der Waals surface area contributed by atoms with Gasteiger partial charge in [0.25, 0.3) is 5.91 Å². The molecule has 2 N–H and O–H groups in total. The van der Waals surface area contributed by atoms with E-state index < -0.39 is 0 Å². The van der Waals surface area contributed by atoms with Crippen molar-refractivity contribution in [2.24, 2.45) is 0 Å². The predicted molar refractivity (Wildman–Crippen MR) is 122 cm³/mol. The van der Waals surface area contributed by atoms with Crippen LogP contribution in [-0.4, -0.2) is 25.5 Å². The summed E-state index contributed by atoms with van der Waals surface area (Å²) >= 11 is 0. The molecule has 0 aliphatic carbocycles.